The Kier molecular flexibility index (Phi) is 6.04. The van der Waals surface area contributed by atoms with Crippen molar-refractivity contribution in [2.75, 3.05) is 10.6 Å². The molecule has 0 saturated heterocycles. The monoisotopic (exact) mass is 434 g/mol. The largest absolute Gasteiger partial charge is 0.485 e. The molecule has 2 heterocycles. The van der Waals surface area contributed by atoms with Gasteiger partial charge in [0.25, 0.3) is 11.8 Å². The number of nitrogens with zero attached hydrogens (tertiary/aromatic N) is 2. The van der Waals surface area contributed by atoms with Crippen LogP contribution in [0.15, 0.2) is 70.6 Å². The first-order valence-corrected chi connectivity index (χ1v) is 10.2. The second-order valence-electron chi connectivity index (χ2n) is 6.51. The molecule has 8 nitrogen and oxygen atoms in total. The standard InChI is InChI=1S/C22H18N4O4S/c1-14-23-20(26-30-14)13-29-18-9-7-15(8-10-18)21(27)24-16-4-2-5-17(12-16)25-22(28)19-6-3-11-31-19/h2-12H,13H2,1H3,(H,24,27)(H,25,28). The normalized spacial score (nSPS) is 10.5. The van der Waals surface area contributed by atoms with Crippen LogP contribution in [0.2, 0.25) is 0 Å². The van der Waals surface area contributed by atoms with E-state index in [1.54, 1.807) is 61.5 Å². The van der Waals surface area contributed by atoms with Crippen LogP contribution >= 0.6 is 11.3 Å². The first-order valence-electron chi connectivity index (χ1n) is 9.35. The fourth-order valence-electron chi connectivity index (χ4n) is 2.73. The van der Waals surface area contributed by atoms with Gasteiger partial charge in [-0.2, -0.15) is 4.98 Å². The Morgan fingerprint density at radius 3 is 2.39 bits per heavy atom. The summed E-state index contributed by atoms with van der Waals surface area (Å²) in [6.07, 6.45) is 0. The van der Waals surface area contributed by atoms with Gasteiger partial charge in [0.05, 0.1) is 4.88 Å². The summed E-state index contributed by atoms with van der Waals surface area (Å²) in [4.78, 5) is 29.4. The summed E-state index contributed by atoms with van der Waals surface area (Å²) < 4.78 is 10.5. The molecule has 0 bridgehead atoms. The molecule has 4 rings (SSSR count). The summed E-state index contributed by atoms with van der Waals surface area (Å²) in [5.41, 5.74) is 1.63. The van der Waals surface area contributed by atoms with Gasteiger partial charge in [-0.1, -0.05) is 17.3 Å². The summed E-state index contributed by atoms with van der Waals surface area (Å²) in [7, 11) is 0. The van der Waals surface area contributed by atoms with Crippen molar-refractivity contribution in [2.24, 2.45) is 0 Å². The van der Waals surface area contributed by atoms with Crippen LogP contribution in [0.5, 0.6) is 5.75 Å². The van der Waals surface area contributed by atoms with Gasteiger partial charge in [0.1, 0.15) is 5.75 Å². The molecule has 4 aromatic rings. The molecule has 0 radical (unpaired) electrons. The van der Waals surface area contributed by atoms with E-state index in [1.165, 1.54) is 11.3 Å². The lowest BCUT2D eigenvalue weighted by Gasteiger charge is -2.09. The maximum absolute atomic E-state index is 12.6. The van der Waals surface area contributed by atoms with Gasteiger partial charge in [0.15, 0.2) is 6.61 Å². The van der Waals surface area contributed by atoms with Crippen LogP contribution in [0.4, 0.5) is 11.4 Å². The van der Waals surface area contributed by atoms with Crippen LogP contribution in [0.25, 0.3) is 0 Å². The average Bonchev–Trinajstić information content (AvgIpc) is 3.45. The van der Waals surface area contributed by atoms with E-state index >= 15 is 0 Å². The zero-order chi connectivity index (χ0) is 21.6. The lowest BCUT2D eigenvalue weighted by Crippen LogP contribution is -2.13. The number of amides is 2. The summed E-state index contributed by atoms with van der Waals surface area (Å²) in [5.74, 6) is 1.04. The van der Waals surface area contributed by atoms with Crippen LogP contribution < -0.4 is 15.4 Å². The summed E-state index contributed by atoms with van der Waals surface area (Å²) in [5, 5.41) is 11.3. The van der Waals surface area contributed by atoms with Crippen molar-refractivity contribution >= 4 is 34.5 Å². The van der Waals surface area contributed by atoms with E-state index in [2.05, 4.69) is 20.8 Å². The van der Waals surface area contributed by atoms with Crippen LogP contribution in [-0.4, -0.2) is 22.0 Å². The summed E-state index contributed by atoms with van der Waals surface area (Å²) in [6.45, 7) is 1.88. The molecular formula is C22H18N4O4S. The summed E-state index contributed by atoms with van der Waals surface area (Å²) in [6, 6.07) is 17.3. The molecule has 2 aromatic carbocycles. The number of hydrogen-bond acceptors (Lipinski definition) is 7. The van der Waals surface area contributed by atoms with E-state index in [-0.39, 0.29) is 18.4 Å². The smallest absolute Gasteiger partial charge is 0.265 e. The minimum atomic E-state index is -0.276. The molecule has 0 aliphatic heterocycles. The molecule has 2 amide bonds. The number of aryl methyl sites for hydroxylation is 1. The predicted octanol–water partition coefficient (Wildman–Crippen LogP) is 4.52. The average molecular weight is 434 g/mol. The molecule has 2 N–H and O–H groups in total. The van der Waals surface area contributed by atoms with Gasteiger partial charge in [-0.15, -0.1) is 11.3 Å². The number of anilines is 2. The molecule has 0 fully saturated rings. The van der Waals surface area contributed by atoms with Crippen molar-refractivity contribution in [1.29, 1.82) is 0 Å². The van der Waals surface area contributed by atoms with Crippen molar-refractivity contribution in [3.63, 3.8) is 0 Å². The number of carbonyl (C=O) groups is 2. The molecule has 0 saturated carbocycles. The van der Waals surface area contributed by atoms with Gasteiger partial charge in [-0.25, -0.2) is 0 Å². The third-order valence-corrected chi connectivity index (χ3v) is 5.05. The molecule has 31 heavy (non-hydrogen) atoms. The molecule has 9 heteroatoms. The maximum Gasteiger partial charge on any atom is 0.265 e. The van der Waals surface area contributed by atoms with Gasteiger partial charge in [0.2, 0.25) is 11.7 Å². The van der Waals surface area contributed by atoms with Crippen LogP contribution in [0.1, 0.15) is 31.7 Å². The Balaban J connectivity index is 1.35. The number of benzene rings is 2. The Morgan fingerprint density at radius 1 is 1.00 bits per heavy atom. The van der Waals surface area contributed by atoms with E-state index in [4.69, 9.17) is 9.26 Å². The lowest BCUT2D eigenvalue weighted by molar-refractivity contribution is 0.102. The third-order valence-electron chi connectivity index (χ3n) is 4.18. The number of rotatable bonds is 7. The molecule has 0 atom stereocenters. The topological polar surface area (TPSA) is 106 Å². The van der Waals surface area contributed by atoms with Crippen LogP contribution in [0.3, 0.4) is 0 Å². The maximum atomic E-state index is 12.6. The minimum Gasteiger partial charge on any atom is -0.485 e. The summed E-state index contributed by atoms with van der Waals surface area (Å²) >= 11 is 1.36. The van der Waals surface area contributed by atoms with Gasteiger partial charge in [-0.3, -0.25) is 9.59 Å². The Bertz CT molecular complexity index is 1190. The lowest BCUT2D eigenvalue weighted by atomic mass is 10.2. The van der Waals surface area contributed by atoms with E-state index < -0.39 is 0 Å². The third kappa shape index (κ3) is 5.34. The highest BCUT2D eigenvalue weighted by molar-refractivity contribution is 7.12. The highest BCUT2D eigenvalue weighted by Crippen LogP contribution is 2.19. The van der Waals surface area contributed by atoms with Crippen LogP contribution in [-0.2, 0) is 6.61 Å². The quantitative estimate of drug-likeness (QED) is 0.443. The Morgan fingerprint density at radius 2 is 1.74 bits per heavy atom. The van der Waals surface area contributed by atoms with Crippen molar-refractivity contribution in [1.82, 2.24) is 10.1 Å². The van der Waals surface area contributed by atoms with E-state index in [9.17, 15) is 9.59 Å². The Hall–Kier alpha value is -3.98. The molecule has 0 aliphatic carbocycles. The highest BCUT2D eigenvalue weighted by Gasteiger charge is 2.10. The van der Waals surface area contributed by atoms with Crippen molar-refractivity contribution in [3.8, 4) is 5.75 Å². The van der Waals surface area contributed by atoms with Crippen LogP contribution in [0, 0.1) is 6.92 Å². The fraction of sp³-hybridized carbons (Fsp3) is 0.0909. The zero-order valence-electron chi connectivity index (χ0n) is 16.5. The van der Waals surface area contributed by atoms with Gasteiger partial charge >= 0.3 is 0 Å². The number of aromatic nitrogens is 2. The number of thiophene rings is 1. The van der Waals surface area contributed by atoms with E-state index in [0.717, 1.165) is 0 Å². The van der Waals surface area contributed by atoms with E-state index in [1.807, 2.05) is 11.4 Å². The molecule has 156 valence electrons. The fourth-order valence-corrected chi connectivity index (χ4v) is 3.35. The van der Waals surface area contributed by atoms with Crippen molar-refractivity contribution in [3.05, 3.63) is 88.2 Å². The molecule has 0 aliphatic rings. The van der Waals surface area contributed by atoms with Crippen molar-refractivity contribution in [2.45, 2.75) is 13.5 Å². The predicted molar refractivity (Wildman–Crippen MR) is 116 cm³/mol. The number of hydrogen-bond donors (Lipinski definition) is 2. The minimum absolute atomic E-state index is 0.173. The number of ether oxygens (including phenoxy) is 1. The second-order valence-corrected chi connectivity index (χ2v) is 7.46. The number of nitrogens with one attached hydrogen (secondary N) is 2. The van der Waals surface area contributed by atoms with Crippen molar-refractivity contribution < 1.29 is 18.8 Å². The van der Waals surface area contributed by atoms with Gasteiger partial charge < -0.3 is 19.9 Å². The Labute approximate surface area is 181 Å². The molecule has 0 unspecified atom stereocenters. The second kappa shape index (κ2) is 9.23. The van der Waals surface area contributed by atoms with Gasteiger partial charge in [-0.05, 0) is 53.9 Å². The van der Waals surface area contributed by atoms with Gasteiger partial charge in [0, 0.05) is 23.9 Å². The first kappa shape index (κ1) is 20.3. The first-order chi connectivity index (χ1) is 15.1. The number of carbonyl (C=O) groups excluding carboxylic acids is 2. The highest BCUT2D eigenvalue weighted by atomic mass is 32.1. The molecule has 2 aromatic heterocycles. The SMILES string of the molecule is Cc1nc(COc2ccc(C(=O)Nc3cccc(NC(=O)c4cccs4)c3)cc2)no1. The zero-order valence-corrected chi connectivity index (χ0v) is 17.3. The molecule has 0 spiro atoms. The van der Waals surface area contributed by atoms with E-state index in [0.29, 0.717) is 39.3 Å². The molecular weight excluding hydrogens is 416 g/mol.